The first-order chi connectivity index (χ1) is 17.8. The molecule has 0 heterocycles. The van der Waals surface area contributed by atoms with Gasteiger partial charge in [0.05, 0.1) is 24.3 Å². The number of amides is 2. The van der Waals surface area contributed by atoms with Gasteiger partial charge in [-0.05, 0) is 77.7 Å². The Morgan fingerprint density at radius 2 is 1.43 bits per heavy atom. The van der Waals surface area contributed by atoms with Crippen molar-refractivity contribution in [3.63, 3.8) is 0 Å². The van der Waals surface area contributed by atoms with Crippen molar-refractivity contribution in [1.29, 1.82) is 0 Å². The molecule has 1 fully saturated rings. The third-order valence-electron chi connectivity index (χ3n) is 6.29. The highest BCUT2D eigenvalue weighted by molar-refractivity contribution is 6.02. The van der Waals surface area contributed by atoms with Crippen LogP contribution in [0.1, 0.15) is 91.8 Å². The zero-order chi connectivity index (χ0) is 27.5. The zero-order valence-corrected chi connectivity index (χ0v) is 23.4. The van der Waals surface area contributed by atoms with Gasteiger partial charge in [0.15, 0.2) is 0 Å². The lowest BCUT2D eigenvalue weighted by molar-refractivity contribution is 0.0946. The summed E-state index contributed by atoms with van der Waals surface area (Å²) < 4.78 is 11.7. The second kappa shape index (κ2) is 19.7. The normalized spacial score (nSPS) is 13.2. The van der Waals surface area contributed by atoms with Crippen LogP contribution in [-0.4, -0.2) is 70.2 Å². The van der Waals surface area contributed by atoms with Crippen molar-refractivity contribution >= 4 is 11.8 Å². The molecule has 9 heteroatoms. The highest BCUT2D eigenvalue weighted by Crippen LogP contribution is 2.30. The third-order valence-corrected chi connectivity index (χ3v) is 6.29. The number of unbranched alkanes of at least 4 members (excludes halogenated alkanes) is 4. The van der Waals surface area contributed by atoms with Gasteiger partial charge in [-0.1, -0.05) is 32.6 Å². The number of carbonyl (C=O) groups is 2. The Morgan fingerprint density at radius 1 is 0.892 bits per heavy atom. The van der Waals surface area contributed by atoms with E-state index in [1.807, 2.05) is 19.0 Å². The van der Waals surface area contributed by atoms with Gasteiger partial charge in [-0.2, -0.15) is 0 Å². The van der Waals surface area contributed by atoms with E-state index in [9.17, 15) is 9.59 Å². The molecule has 0 spiro atoms. The molecule has 0 radical (unpaired) electrons. The zero-order valence-electron chi connectivity index (χ0n) is 23.4. The van der Waals surface area contributed by atoms with Crippen LogP contribution in [0, 0.1) is 5.92 Å². The van der Waals surface area contributed by atoms with E-state index in [1.165, 1.54) is 31.7 Å². The molecule has 1 aliphatic carbocycles. The van der Waals surface area contributed by atoms with E-state index >= 15 is 0 Å². The summed E-state index contributed by atoms with van der Waals surface area (Å²) in [6.45, 7) is 5.61. The molecule has 0 unspecified atom stereocenters. The van der Waals surface area contributed by atoms with Gasteiger partial charge in [0.2, 0.25) is 0 Å². The van der Waals surface area contributed by atoms with Crippen LogP contribution in [-0.2, 0) is 0 Å². The molecule has 1 aromatic rings. The molecular formula is C28H51N5O4. The van der Waals surface area contributed by atoms with Crippen LogP contribution >= 0.6 is 0 Å². The van der Waals surface area contributed by atoms with Crippen LogP contribution < -0.4 is 32.0 Å². The second-order valence-corrected chi connectivity index (χ2v) is 10.1. The summed E-state index contributed by atoms with van der Waals surface area (Å²) in [4.78, 5) is 26.7. The number of hydrogen-bond donors (Lipinski definition) is 4. The summed E-state index contributed by atoms with van der Waals surface area (Å²) in [5.41, 5.74) is 17.0. The number of nitrogens with zero attached hydrogens (tertiary/aromatic N) is 1. The minimum absolute atomic E-state index is 0.159. The molecule has 7 N–H and O–H groups in total. The molecule has 37 heavy (non-hydrogen) atoms. The van der Waals surface area contributed by atoms with Crippen molar-refractivity contribution in [2.75, 3.05) is 53.5 Å². The maximum Gasteiger partial charge on any atom is 0.255 e. The van der Waals surface area contributed by atoms with Crippen LogP contribution in [0.2, 0.25) is 0 Å². The quantitative estimate of drug-likeness (QED) is 0.230. The molecule has 1 aromatic carbocycles. The summed E-state index contributed by atoms with van der Waals surface area (Å²) in [5, 5.41) is 2.85. The molecule has 0 aromatic heterocycles. The van der Waals surface area contributed by atoms with E-state index in [0.29, 0.717) is 50.9 Å². The number of nitrogens with two attached hydrogens (primary N) is 3. The van der Waals surface area contributed by atoms with Crippen molar-refractivity contribution in [1.82, 2.24) is 10.2 Å². The van der Waals surface area contributed by atoms with Crippen LogP contribution in [0.4, 0.5) is 0 Å². The number of hydrogen-bond acceptors (Lipinski definition) is 7. The molecule has 0 saturated heterocycles. The SMILES string of the molecule is CC1CCCC1.CN(C)CCNC(=O)c1cc(C(N)=O)c(OCCCCCN)cc1OCCCCCN. The molecule has 1 saturated carbocycles. The minimum Gasteiger partial charge on any atom is -0.493 e. The highest BCUT2D eigenvalue weighted by atomic mass is 16.5. The Balaban J connectivity index is 0.000000992. The number of rotatable bonds is 17. The topological polar surface area (TPSA) is 146 Å². The summed E-state index contributed by atoms with van der Waals surface area (Å²) in [6, 6.07) is 3.05. The Kier molecular flexibility index (Phi) is 17.4. The Labute approximate surface area is 223 Å². The van der Waals surface area contributed by atoms with Gasteiger partial charge in [-0.25, -0.2) is 0 Å². The molecule has 1 aliphatic rings. The van der Waals surface area contributed by atoms with E-state index in [0.717, 1.165) is 44.4 Å². The average molecular weight is 522 g/mol. The molecule has 0 bridgehead atoms. The Bertz CT molecular complexity index is 782. The number of nitrogens with one attached hydrogen (secondary N) is 1. The predicted octanol–water partition coefficient (Wildman–Crippen LogP) is 3.29. The summed E-state index contributed by atoms with van der Waals surface area (Å²) in [7, 11) is 3.85. The second-order valence-electron chi connectivity index (χ2n) is 10.1. The monoisotopic (exact) mass is 521 g/mol. The van der Waals surface area contributed by atoms with Gasteiger partial charge < -0.3 is 36.9 Å². The van der Waals surface area contributed by atoms with Crippen LogP contribution in [0.5, 0.6) is 11.5 Å². The molecule has 212 valence electrons. The lowest BCUT2D eigenvalue weighted by Gasteiger charge is -2.17. The maximum absolute atomic E-state index is 12.8. The van der Waals surface area contributed by atoms with Gasteiger partial charge in [-0.3, -0.25) is 9.59 Å². The van der Waals surface area contributed by atoms with Gasteiger partial charge >= 0.3 is 0 Å². The molecule has 0 aliphatic heterocycles. The predicted molar refractivity (Wildman–Crippen MR) is 150 cm³/mol. The number of ether oxygens (including phenoxy) is 2. The van der Waals surface area contributed by atoms with Crippen molar-refractivity contribution < 1.29 is 19.1 Å². The van der Waals surface area contributed by atoms with Crippen molar-refractivity contribution in [2.45, 2.75) is 71.1 Å². The van der Waals surface area contributed by atoms with E-state index < -0.39 is 5.91 Å². The Hall–Kier alpha value is -2.36. The lowest BCUT2D eigenvalue weighted by atomic mass is 10.1. The number of primary amides is 1. The van der Waals surface area contributed by atoms with Crippen molar-refractivity contribution in [3.8, 4) is 11.5 Å². The lowest BCUT2D eigenvalue weighted by Crippen LogP contribution is -2.32. The van der Waals surface area contributed by atoms with Gasteiger partial charge in [0.1, 0.15) is 11.5 Å². The third kappa shape index (κ3) is 14.2. The molecule has 2 amide bonds. The average Bonchev–Trinajstić information content (AvgIpc) is 3.34. The van der Waals surface area contributed by atoms with Crippen LogP contribution in [0.15, 0.2) is 12.1 Å². The van der Waals surface area contributed by atoms with Crippen LogP contribution in [0.25, 0.3) is 0 Å². The fraction of sp³-hybridized carbons (Fsp3) is 0.714. The summed E-state index contributed by atoms with van der Waals surface area (Å²) in [5.74, 6) is 0.758. The fourth-order valence-corrected chi connectivity index (χ4v) is 4.00. The first kappa shape index (κ1) is 32.7. The highest BCUT2D eigenvalue weighted by Gasteiger charge is 2.20. The van der Waals surface area contributed by atoms with Crippen molar-refractivity contribution in [3.05, 3.63) is 23.3 Å². The van der Waals surface area contributed by atoms with Gasteiger partial charge in [0.25, 0.3) is 11.8 Å². The Morgan fingerprint density at radius 3 is 1.86 bits per heavy atom. The largest absolute Gasteiger partial charge is 0.493 e. The van der Waals surface area contributed by atoms with Gasteiger partial charge in [-0.15, -0.1) is 0 Å². The fourth-order valence-electron chi connectivity index (χ4n) is 4.00. The number of likely N-dealkylation sites (N-methyl/N-ethyl adjacent to an activating group) is 1. The number of carbonyl (C=O) groups excluding carboxylic acids is 2. The molecule has 9 nitrogen and oxygen atoms in total. The first-order valence-electron chi connectivity index (χ1n) is 13.9. The standard InChI is InChI=1S/C22H39N5O4.C6H12/c1-27(2)12-11-26-22(29)18-15-17(21(25)28)19(30-13-7-3-5-9-23)16-20(18)31-14-8-4-6-10-24;1-6-4-2-3-5-6/h15-16H,3-14,23-24H2,1-2H3,(H2,25,28)(H,26,29);6H,2-5H2,1H3. The van der Waals surface area contributed by atoms with Crippen LogP contribution in [0.3, 0.4) is 0 Å². The van der Waals surface area contributed by atoms with Crippen molar-refractivity contribution in [2.24, 2.45) is 23.1 Å². The maximum atomic E-state index is 12.8. The van der Waals surface area contributed by atoms with E-state index in [2.05, 4.69) is 12.2 Å². The molecule has 2 rings (SSSR count). The smallest absolute Gasteiger partial charge is 0.255 e. The summed E-state index contributed by atoms with van der Waals surface area (Å²) >= 11 is 0. The van der Waals surface area contributed by atoms with E-state index in [-0.39, 0.29) is 17.0 Å². The molecular weight excluding hydrogens is 470 g/mol. The minimum atomic E-state index is -0.659. The summed E-state index contributed by atoms with van der Waals surface area (Å²) in [6.07, 6.45) is 11.3. The number of benzene rings is 1. The molecule has 0 atom stereocenters. The van der Waals surface area contributed by atoms with E-state index in [1.54, 1.807) is 6.07 Å². The first-order valence-corrected chi connectivity index (χ1v) is 13.9. The van der Waals surface area contributed by atoms with E-state index in [4.69, 9.17) is 26.7 Å². The van der Waals surface area contributed by atoms with Gasteiger partial charge in [0, 0.05) is 19.2 Å².